The Kier molecular flexibility index (Phi) is 10.6. The molecule has 4 rings (SSSR count). The number of nitrogens with zero attached hydrogens (tertiary/aromatic N) is 1. The second-order valence-electron chi connectivity index (χ2n) is 8.91. The molecular weight excluding hydrogens is 473 g/mol. The third kappa shape index (κ3) is 6.40. The molecule has 2 amide bonds. The minimum absolute atomic E-state index is 0. The van der Waals surface area contributed by atoms with Crippen LogP contribution in [0.1, 0.15) is 56.1 Å². The average Bonchev–Trinajstić information content (AvgIpc) is 3.31. The van der Waals surface area contributed by atoms with E-state index in [2.05, 4.69) is 10.6 Å². The van der Waals surface area contributed by atoms with E-state index in [1.54, 1.807) is 4.90 Å². The highest BCUT2D eigenvalue weighted by molar-refractivity contribution is 6.08. The summed E-state index contributed by atoms with van der Waals surface area (Å²) < 4.78 is 0. The van der Waals surface area contributed by atoms with Gasteiger partial charge in [0.1, 0.15) is 11.9 Å². The smallest absolute Gasteiger partial charge is 0.243 e. The number of nitrogen functional groups attached to an aromatic ring is 1. The van der Waals surface area contributed by atoms with E-state index in [1.165, 1.54) is 19.3 Å². The Morgan fingerprint density at radius 2 is 1.68 bits per heavy atom. The van der Waals surface area contributed by atoms with Gasteiger partial charge in [-0.1, -0.05) is 55.7 Å². The molecule has 2 fully saturated rings. The first-order chi connectivity index (χ1) is 15.5. The lowest BCUT2D eigenvalue weighted by molar-refractivity contribution is -0.137. The van der Waals surface area contributed by atoms with Crippen molar-refractivity contribution in [1.29, 1.82) is 5.41 Å². The number of amides is 2. The van der Waals surface area contributed by atoms with Gasteiger partial charge in [0.15, 0.2) is 0 Å². The molecule has 1 aliphatic heterocycles. The summed E-state index contributed by atoms with van der Waals surface area (Å²) in [5.41, 5.74) is 7.38. The fourth-order valence-corrected chi connectivity index (χ4v) is 5.03. The molecule has 2 aromatic carbocycles. The van der Waals surface area contributed by atoms with Gasteiger partial charge in [0.05, 0.1) is 6.54 Å². The molecule has 0 aromatic heterocycles. The van der Waals surface area contributed by atoms with Gasteiger partial charge in [0.25, 0.3) is 0 Å². The first-order valence-electron chi connectivity index (χ1n) is 11.7. The van der Waals surface area contributed by atoms with Crippen molar-refractivity contribution in [2.75, 3.05) is 13.1 Å². The van der Waals surface area contributed by atoms with Crippen molar-refractivity contribution < 1.29 is 9.59 Å². The number of carbonyl (C=O) groups is 2. The summed E-state index contributed by atoms with van der Waals surface area (Å²) in [5.74, 6) is -0.0588. The summed E-state index contributed by atoms with van der Waals surface area (Å²) in [5, 5.41) is 16.1. The van der Waals surface area contributed by atoms with Crippen LogP contribution in [0.2, 0.25) is 0 Å². The Hall–Kier alpha value is -2.35. The van der Waals surface area contributed by atoms with Crippen LogP contribution in [-0.4, -0.2) is 47.7 Å². The minimum Gasteiger partial charge on any atom is -0.384 e. The van der Waals surface area contributed by atoms with Crippen LogP contribution in [0.4, 0.5) is 0 Å². The molecule has 9 heteroatoms. The molecule has 1 heterocycles. The second-order valence-corrected chi connectivity index (χ2v) is 8.91. The van der Waals surface area contributed by atoms with E-state index in [9.17, 15) is 9.59 Å². The van der Waals surface area contributed by atoms with Crippen LogP contribution in [0, 0.1) is 5.41 Å². The highest BCUT2D eigenvalue weighted by atomic mass is 35.5. The van der Waals surface area contributed by atoms with Crippen molar-refractivity contribution in [3.63, 3.8) is 0 Å². The van der Waals surface area contributed by atoms with E-state index in [-0.39, 0.29) is 42.5 Å². The average molecular weight is 508 g/mol. The standard InChI is InChI=1S/C25H33N5O2.2ClH/c26-24(27)21-13-12-17(19-9-4-5-10-20(19)21)15-29-25(32)22-11-6-14-30(22)23(31)16-28-18-7-2-1-3-8-18;;/h4-5,9-10,12-13,18,22,28H,1-3,6-8,11,14-16H2,(H3,26,27)(H,29,32);2*1H/t22-;;/m0../s1. The number of benzene rings is 2. The van der Waals surface area contributed by atoms with E-state index in [1.807, 2.05) is 36.4 Å². The second kappa shape index (κ2) is 12.9. The molecule has 0 bridgehead atoms. The monoisotopic (exact) mass is 507 g/mol. The molecule has 0 radical (unpaired) electrons. The number of nitrogens with one attached hydrogen (secondary N) is 3. The number of hydrogen-bond donors (Lipinski definition) is 4. The first kappa shape index (κ1) is 27.9. The summed E-state index contributed by atoms with van der Waals surface area (Å²) in [6.07, 6.45) is 7.55. The van der Waals surface area contributed by atoms with Crippen LogP contribution in [0.25, 0.3) is 10.8 Å². The van der Waals surface area contributed by atoms with Crippen molar-refractivity contribution in [3.8, 4) is 0 Å². The normalized spacial score (nSPS) is 18.1. The Balaban J connectivity index is 0.00000204. The van der Waals surface area contributed by atoms with E-state index >= 15 is 0 Å². The lowest BCUT2D eigenvalue weighted by Crippen LogP contribution is -2.49. The van der Waals surface area contributed by atoms with Crippen molar-refractivity contribution in [2.45, 2.75) is 63.6 Å². The predicted octanol–water partition coefficient (Wildman–Crippen LogP) is 3.50. The van der Waals surface area contributed by atoms with E-state index in [0.29, 0.717) is 37.7 Å². The lowest BCUT2D eigenvalue weighted by Gasteiger charge is -2.27. The molecule has 1 atom stereocenters. The maximum Gasteiger partial charge on any atom is 0.243 e. The van der Waals surface area contributed by atoms with Gasteiger partial charge in [-0.2, -0.15) is 0 Å². The fourth-order valence-electron chi connectivity index (χ4n) is 5.03. The number of halogens is 2. The maximum atomic E-state index is 13.0. The first-order valence-corrected chi connectivity index (χ1v) is 11.7. The van der Waals surface area contributed by atoms with Gasteiger partial charge in [-0.05, 0) is 42.0 Å². The van der Waals surface area contributed by atoms with Crippen LogP contribution in [-0.2, 0) is 16.1 Å². The number of amidine groups is 1. The van der Waals surface area contributed by atoms with Crippen LogP contribution < -0.4 is 16.4 Å². The van der Waals surface area contributed by atoms with Gasteiger partial charge in [-0.3, -0.25) is 15.0 Å². The van der Waals surface area contributed by atoms with Gasteiger partial charge in [0.2, 0.25) is 11.8 Å². The molecule has 0 spiro atoms. The zero-order valence-corrected chi connectivity index (χ0v) is 21.0. The zero-order valence-electron chi connectivity index (χ0n) is 19.3. The predicted molar refractivity (Wildman–Crippen MR) is 141 cm³/mol. The molecular formula is C25H35Cl2N5O2. The third-order valence-corrected chi connectivity index (χ3v) is 6.78. The summed E-state index contributed by atoms with van der Waals surface area (Å²) in [4.78, 5) is 27.5. The van der Waals surface area contributed by atoms with Crippen LogP contribution in [0.15, 0.2) is 36.4 Å². The maximum absolute atomic E-state index is 13.0. The topological polar surface area (TPSA) is 111 Å². The van der Waals surface area contributed by atoms with Crippen LogP contribution >= 0.6 is 24.8 Å². The number of fused-ring (bicyclic) bond motifs is 1. The Morgan fingerprint density at radius 3 is 2.38 bits per heavy atom. The summed E-state index contributed by atoms with van der Waals surface area (Å²) in [7, 11) is 0. The van der Waals surface area contributed by atoms with Crippen molar-refractivity contribution >= 4 is 53.2 Å². The number of hydrogen-bond acceptors (Lipinski definition) is 4. The summed E-state index contributed by atoms with van der Waals surface area (Å²) in [6.45, 7) is 1.32. The molecule has 5 N–H and O–H groups in total. The van der Waals surface area contributed by atoms with Gasteiger partial charge in [-0.15, -0.1) is 24.8 Å². The van der Waals surface area contributed by atoms with Crippen molar-refractivity contribution in [3.05, 3.63) is 47.5 Å². The quantitative estimate of drug-likeness (QED) is 0.339. The number of carbonyl (C=O) groups excluding carboxylic acids is 2. The van der Waals surface area contributed by atoms with Crippen LogP contribution in [0.5, 0.6) is 0 Å². The summed E-state index contributed by atoms with van der Waals surface area (Å²) in [6, 6.07) is 11.5. The molecule has 186 valence electrons. The minimum atomic E-state index is -0.404. The number of likely N-dealkylation sites (tertiary alicyclic amines) is 1. The number of nitrogens with two attached hydrogens (primary N) is 1. The largest absolute Gasteiger partial charge is 0.384 e. The molecule has 2 aromatic rings. The molecule has 7 nitrogen and oxygen atoms in total. The molecule has 0 unspecified atom stereocenters. The van der Waals surface area contributed by atoms with Gasteiger partial charge < -0.3 is 21.3 Å². The molecule has 1 saturated heterocycles. The summed E-state index contributed by atoms with van der Waals surface area (Å²) >= 11 is 0. The molecule has 1 aliphatic carbocycles. The van der Waals surface area contributed by atoms with E-state index < -0.39 is 6.04 Å². The molecule has 1 saturated carbocycles. The zero-order chi connectivity index (χ0) is 22.5. The third-order valence-electron chi connectivity index (χ3n) is 6.78. The fraction of sp³-hybridized carbons (Fsp3) is 0.480. The van der Waals surface area contributed by atoms with Gasteiger partial charge in [0, 0.05) is 24.7 Å². The Bertz CT molecular complexity index is 1010. The Morgan fingerprint density at radius 1 is 0.971 bits per heavy atom. The van der Waals surface area contributed by atoms with Gasteiger partial charge >= 0.3 is 0 Å². The SMILES string of the molecule is Cl.Cl.N=C(N)c1ccc(CNC(=O)[C@@H]2CCCN2C(=O)CNC2CCCCC2)c2ccccc12. The highest BCUT2D eigenvalue weighted by Crippen LogP contribution is 2.24. The van der Waals surface area contributed by atoms with Crippen molar-refractivity contribution in [1.82, 2.24) is 15.5 Å². The van der Waals surface area contributed by atoms with Crippen molar-refractivity contribution in [2.24, 2.45) is 5.73 Å². The van der Waals surface area contributed by atoms with Gasteiger partial charge in [-0.25, -0.2) is 0 Å². The lowest BCUT2D eigenvalue weighted by atomic mass is 9.95. The van der Waals surface area contributed by atoms with E-state index in [4.69, 9.17) is 11.1 Å². The molecule has 34 heavy (non-hydrogen) atoms. The highest BCUT2D eigenvalue weighted by Gasteiger charge is 2.34. The Labute approximate surface area is 213 Å². The van der Waals surface area contributed by atoms with Crippen LogP contribution in [0.3, 0.4) is 0 Å². The molecule has 2 aliphatic rings. The number of rotatable bonds is 7. The van der Waals surface area contributed by atoms with E-state index in [0.717, 1.165) is 35.6 Å².